The second-order valence-corrected chi connectivity index (χ2v) is 7.73. The quantitative estimate of drug-likeness (QED) is 0.685. The van der Waals surface area contributed by atoms with Gasteiger partial charge in [0.2, 0.25) is 5.91 Å². The van der Waals surface area contributed by atoms with E-state index in [1.807, 2.05) is 27.7 Å². The van der Waals surface area contributed by atoms with Gasteiger partial charge in [0, 0.05) is 12.3 Å². The lowest BCUT2D eigenvalue weighted by molar-refractivity contribution is -0.120. The molecule has 1 amide bonds. The van der Waals surface area contributed by atoms with Gasteiger partial charge in [0.05, 0.1) is 0 Å². The molecule has 0 aromatic heterocycles. The second kappa shape index (κ2) is 7.23. The molecule has 102 valence electrons. The zero-order valence-corrected chi connectivity index (χ0v) is 12.3. The fourth-order valence-corrected chi connectivity index (χ4v) is 2.98. The molecule has 0 aromatic carbocycles. The van der Waals surface area contributed by atoms with Crippen molar-refractivity contribution in [2.75, 3.05) is 12.3 Å². The van der Waals surface area contributed by atoms with Crippen LogP contribution in [-0.2, 0) is 14.9 Å². The van der Waals surface area contributed by atoms with Crippen LogP contribution in [0.1, 0.15) is 27.7 Å². The van der Waals surface area contributed by atoms with Crippen molar-refractivity contribution in [3.63, 3.8) is 0 Å². The van der Waals surface area contributed by atoms with Crippen molar-refractivity contribution < 1.29 is 17.8 Å². The number of hydrogen-bond donors (Lipinski definition) is 2. The van der Waals surface area contributed by atoms with Crippen LogP contribution in [0.15, 0.2) is 0 Å². The average molecular weight is 283 g/mol. The van der Waals surface area contributed by atoms with E-state index in [2.05, 4.69) is 5.32 Å². The molecule has 7 heteroatoms. The lowest BCUT2D eigenvalue weighted by Gasteiger charge is -2.15. The number of nitrogens with one attached hydrogen (secondary N) is 1. The summed E-state index contributed by atoms with van der Waals surface area (Å²) in [6.45, 7) is 8.02. The van der Waals surface area contributed by atoms with Crippen LogP contribution < -0.4 is 5.32 Å². The summed E-state index contributed by atoms with van der Waals surface area (Å²) in [5.41, 5.74) is 0. The molecule has 0 fully saturated rings. The Bertz CT molecular complexity index is 338. The molecule has 0 heterocycles. The Labute approximate surface area is 107 Å². The molecule has 1 atom stereocenters. The number of amides is 1. The minimum absolute atomic E-state index is 0.0699. The van der Waals surface area contributed by atoms with Gasteiger partial charge >= 0.3 is 0 Å². The topological polar surface area (TPSA) is 83.5 Å². The SMILES string of the molecule is CC(C)CNC(=O)C(CSC(C)C)S(=O)(=O)O. The van der Waals surface area contributed by atoms with E-state index in [-0.39, 0.29) is 16.9 Å². The Kier molecular flexibility index (Phi) is 7.11. The first kappa shape index (κ1) is 16.7. The van der Waals surface area contributed by atoms with Gasteiger partial charge in [0.25, 0.3) is 10.1 Å². The summed E-state index contributed by atoms with van der Waals surface area (Å²) in [6.07, 6.45) is 0. The highest BCUT2D eigenvalue weighted by Crippen LogP contribution is 2.14. The van der Waals surface area contributed by atoms with E-state index in [1.165, 1.54) is 11.8 Å². The smallest absolute Gasteiger partial charge is 0.277 e. The van der Waals surface area contributed by atoms with Gasteiger partial charge in [-0.1, -0.05) is 27.7 Å². The summed E-state index contributed by atoms with van der Waals surface area (Å²) in [4.78, 5) is 11.6. The standard InChI is InChI=1S/C10H21NO4S2/c1-7(2)5-11-10(12)9(17(13,14)15)6-16-8(3)4/h7-9H,5-6H2,1-4H3,(H,11,12)(H,13,14,15). The predicted molar refractivity (Wildman–Crippen MR) is 70.8 cm³/mol. The van der Waals surface area contributed by atoms with Crippen LogP contribution >= 0.6 is 11.8 Å². The molecule has 0 aromatic rings. The molecule has 0 aliphatic carbocycles. The van der Waals surface area contributed by atoms with Crippen molar-refractivity contribution in [2.24, 2.45) is 5.92 Å². The van der Waals surface area contributed by atoms with Crippen LogP contribution in [0.5, 0.6) is 0 Å². The Morgan fingerprint density at radius 2 is 1.82 bits per heavy atom. The van der Waals surface area contributed by atoms with Crippen molar-refractivity contribution in [2.45, 2.75) is 38.2 Å². The molecule has 0 bridgehead atoms. The maximum atomic E-state index is 11.6. The van der Waals surface area contributed by atoms with E-state index in [1.54, 1.807) is 0 Å². The van der Waals surface area contributed by atoms with Gasteiger partial charge in [-0.05, 0) is 11.2 Å². The Balaban J connectivity index is 4.53. The van der Waals surface area contributed by atoms with Gasteiger partial charge in [0.1, 0.15) is 0 Å². The molecule has 17 heavy (non-hydrogen) atoms. The molecule has 2 N–H and O–H groups in total. The molecule has 0 rings (SSSR count). The van der Waals surface area contributed by atoms with Crippen LogP contribution in [0.2, 0.25) is 0 Å². The molecule has 0 saturated carbocycles. The third-order valence-electron chi connectivity index (χ3n) is 1.92. The van der Waals surface area contributed by atoms with Crippen molar-refractivity contribution >= 4 is 27.8 Å². The summed E-state index contributed by atoms with van der Waals surface area (Å²) >= 11 is 1.33. The van der Waals surface area contributed by atoms with Gasteiger partial charge in [0.15, 0.2) is 5.25 Å². The Hall–Kier alpha value is -0.270. The third kappa shape index (κ3) is 7.62. The zero-order valence-electron chi connectivity index (χ0n) is 10.6. The minimum Gasteiger partial charge on any atom is -0.355 e. The van der Waals surface area contributed by atoms with E-state index in [4.69, 9.17) is 4.55 Å². The van der Waals surface area contributed by atoms with E-state index < -0.39 is 21.3 Å². The summed E-state index contributed by atoms with van der Waals surface area (Å²) in [5.74, 6) is -0.325. The normalized spacial score (nSPS) is 14.1. The van der Waals surface area contributed by atoms with Crippen LogP contribution in [0.3, 0.4) is 0 Å². The predicted octanol–water partition coefficient (Wildman–Crippen LogP) is 1.16. The fourth-order valence-electron chi connectivity index (χ4n) is 0.995. The second-order valence-electron chi connectivity index (χ2n) is 4.52. The summed E-state index contributed by atoms with van der Waals surface area (Å²) in [5, 5.41) is 1.35. The highest BCUT2D eigenvalue weighted by atomic mass is 32.2. The molecule has 0 aliphatic rings. The van der Waals surface area contributed by atoms with Gasteiger partial charge in [-0.3, -0.25) is 9.35 Å². The van der Waals surface area contributed by atoms with Crippen LogP contribution in [-0.4, -0.2) is 41.7 Å². The van der Waals surface area contributed by atoms with Crippen molar-refractivity contribution in [3.8, 4) is 0 Å². The molecule has 0 spiro atoms. The Morgan fingerprint density at radius 1 is 1.29 bits per heavy atom. The highest BCUT2D eigenvalue weighted by Gasteiger charge is 2.31. The van der Waals surface area contributed by atoms with Crippen molar-refractivity contribution in [1.29, 1.82) is 0 Å². The largest absolute Gasteiger partial charge is 0.355 e. The molecule has 0 saturated heterocycles. The first-order valence-corrected chi connectivity index (χ1v) is 8.05. The monoisotopic (exact) mass is 283 g/mol. The molecule has 5 nitrogen and oxygen atoms in total. The molecular formula is C10H21NO4S2. The maximum absolute atomic E-state index is 11.6. The number of carbonyl (C=O) groups is 1. The number of thioether (sulfide) groups is 1. The van der Waals surface area contributed by atoms with Gasteiger partial charge < -0.3 is 5.32 Å². The van der Waals surface area contributed by atoms with Crippen LogP contribution in [0, 0.1) is 5.92 Å². The molecule has 0 aliphatic heterocycles. The summed E-state index contributed by atoms with van der Waals surface area (Å²) in [7, 11) is -4.34. The zero-order chi connectivity index (χ0) is 13.6. The lowest BCUT2D eigenvalue weighted by Crippen LogP contribution is -2.42. The lowest BCUT2D eigenvalue weighted by atomic mass is 10.2. The molecular weight excluding hydrogens is 262 g/mol. The van der Waals surface area contributed by atoms with Crippen LogP contribution in [0.4, 0.5) is 0 Å². The highest BCUT2D eigenvalue weighted by molar-refractivity contribution is 8.01. The van der Waals surface area contributed by atoms with Gasteiger partial charge in [-0.2, -0.15) is 20.2 Å². The number of carbonyl (C=O) groups excluding carboxylic acids is 1. The summed E-state index contributed by atoms with van der Waals surface area (Å²) in [6, 6.07) is 0. The average Bonchev–Trinajstić information content (AvgIpc) is 2.12. The van der Waals surface area contributed by atoms with E-state index in [0.717, 1.165) is 0 Å². The van der Waals surface area contributed by atoms with Crippen LogP contribution in [0.25, 0.3) is 0 Å². The number of hydrogen-bond acceptors (Lipinski definition) is 4. The van der Waals surface area contributed by atoms with E-state index >= 15 is 0 Å². The number of rotatable bonds is 7. The van der Waals surface area contributed by atoms with Gasteiger partial charge in [-0.15, -0.1) is 0 Å². The van der Waals surface area contributed by atoms with Crippen molar-refractivity contribution in [3.05, 3.63) is 0 Å². The Morgan fingerprint density at radius 3 is 2.18 bits per heavy atom. The molecule has 0 radical (unpaired) electrons. The molecule has 1 unspecified atom stereocenters. The fraction of sp³-hybridized carbons (Fsp3) is 0.900. The maximum Gasteiger partial charge on any atom is 0.277 e. The van der Waals surface area contributed by atoms with Crippen molar-refractivity contribution in [1.82, 2.24) is 5.32 Å². The first-order valence-electron chi connectivity index (χ1n) is 5.50. The van der Waals surface area contributed by atoms with E-state index in [9.17, 15) is 13.2 Å². The minimum atomic E-state index is -4.34. The first-order chi connectivity index (χ1) is 7.64. The summed E-state index contributed by atoms with van der Waals surface area (Å²) < 4.78 is 31.2. The third-order valence-corrected chi connectivity index (χ3v) is 4.42. The van der Waals surface area contributed by atoms with Gasteiger partial charge in [-0.25, -0.2) is 0 Å². The van der Waals surface area contributed by atoms with E-state index in [0.29, 0.717) is 6.54 Å².